The number of amides is 1. The average Bonchev–Trinajstić information content (AvgIpc) is 2.61. The van der Waals surface area contributed by atoms with Crippen LogP contribution in [0.5, 0.6) is 0 Å². The zero-order valence-electron chi connectivity index (χ0n) is 18.0. The fourth-order valence-electron chi connectivity index (χ4n) is 3.45. The highest BCUT2D eigenvalue weighted by Crippen LogP contribution is 2.29. The minimum absolute atomic E-state index is 0.105. The van der Waals surface area contributed by atoms with Crippen LogP contribution in [0.3, 0.4) is 0 Å². The molecule has 9 heteroatoms. The Morgan fingerprint density at radius 1 is 1.07 bits per heavy atom. The summed E-state index contributed by atoms with van der Waals surface area (Å²) >= 11 is 0. The van der Waals surface area contributed by atoms with Gasteiger partial charge in [-0.1, -0.05) is 29.8 Å². The molecule has 0 aliphatic carbocycles. The van der Waals surface area contributed by atoms with E-state index in [2.05, 4.69) is 5.32 Å². The van der Waals surface area contributed by atoms with E-state index in [1.54, 1.807) is 6.92 Å². The number of non-ortho nitro benzene ring substituents is 1. The number of carbonyl (C=O) groups is 1. The van der Waals surface area contributed by atoms with Gasteiger partial charge in [-0.15, -0.1) is 0 Å². The summed E-state index contributed by atoms with van der Waals surface area (Å²) in [6.07, 6.45) is 0.975. The molecule has 0 saturated heterocycles. The number of hydrogen-bond donors (Lipinski definition) is 1. The van der Waals surface area contributed by atoms with Crippen molar-refractivity contribution in [1.29, 1.82) is 0 Å². The summed E-state index contributed by atoms with van der Waals surface area (Å²) in [5.41, 5.74) is 3.42. The Morgan fingerprint density at radius 3 is 2.23 bits per heavy atom. The third-order valence-corrected chi connectivity index (χ3v) is 6.21. The molecule has 1 amide bonds. The van der Waals surface area contributed by atoms with E-state index in [0.717, 1.165) is 27.3 Å². The molecular formula is C21H27N3O5S. The fourth-order valence-corrected chi connectivity index (χ4v) is 4.68. The van der Waals surface area contributed by atoms with Crippen molar-refractivity contribution in [2.24, 2.45) is 0 Å². The second-order valence-corrected chi connectivity index (χ2v) is 9.41. The van der Waals surface area contributed by atoms with Gasteiger partial charge in [-0.05, 0) is 51.3 Å². The van der Waals surface area contributed by atoms with E-state index in [9.17, 15) is 23.3 Å². The number of hydrogen-bond acceptors (Lipinski definition) is 5. The van der Waals surface area contributed by atoms with Crippen molar-refractivity contribution in [2.75, 3.05) is 10.6 Å². The largest absolute Gasteiger partial charge is 0.348 e. The molecule has 0 unspecified atom stereocenters. The standard InChI is InChI=1S/C21H27N3O5S/c1-13-7-10-19(15(3)11-13)16(4)22-21(25)17(5)23(30(6,28)29)20-12-18(24(26)27)9-8-14(20)2/h7-12,16-17H,1-6H3,(H,22,25)/t16-,17+/m0/s1. The van der Waals surface area contributed by atoms with Crippen LogP contribution in [0.1, 0.15) is 42.1 Å². The number of nitro benzene ring substituents is 1. The van der Waals surface area contributed by atoms with Crippen LogP contribution in [0.2, 0.25) is 0 Å². The van der Waals surface area contributed by atoms with Crippen LogP contribution in [-0.4, -0.2) is 31.5 Å². The molecule has 2 atom stereocenters. The van der Waals surface area contributed by atoms with E-state index in [4.69, 9.17) is 0 Å². The van der Waals surface area contributed by atoms with Gasteiger partial charge in [0.15, 0.2) is 0 Å². The number of benzene rings is 2. The van der Waals surface area contributed by atoms with Gasteiger partial charge in [0.2, 0.25) is 15.9 Å². The molecule has 0 aliphatic rings. The Labute approximate surface area is 177 Å². The summed E-state index contributed by atoms with van der Waals surface area (Å²) in [4.78, 5) is 23.5. The number of aryl methyl sites for hydroxylation is 3. The molecule has 1 N–H and O–H groups in total. The average molecular weight is 434 g/mol. The van der Waals surface area contributed by atoms with E-state index in [-0.39, 0.29) is 17.4 Å². The molecule has 0 spiro atoms. The van der Waals surface area contributed by atoms with Crippen molar-refractivity contribution in [2.45, 2.75) is 46.7 Å². The monoisotopic (exact) mass is 433 g/mol. The highest BCUT2D eigenvalue weighted by atomic mass is 32.2. The van der Waals surface area contributed by atoms with Crippen molar-refractivity contribution in [1.82, 2.24) is 5.32 Å². The van der Waals surface area contributed by atoms with Crippen LogP contribution >= 0.6 is 0 Å². The summed E-state index contributed by atoms with van der Waals surface area (Å²) in [6, 6.07) is 8.39. The van der Waals surface area contributed by atoms with Crippen LogP contribution in [0.4, 0.5) is 11.4 Å². The number of anilines is 1. The van der Waals surface area contributed by atoms with E-state index in [0.29, 0.717) is 5.56 Å². The SMILES string of the molecule is Cc1ccc([C@H](C)NC(=O)[C@@H](C)N(c2cc([N+](=O)[O-])ccc2C)S(C)(=O)=O)c(C)c1. The lowest BCUT2D eigenvalue weighted by Gasteiger charge is -2.30. The number of nitro groups is 1. The van der Waals surface area contributed by atoms with Crippen molar-refractivity contribution >= 4 is 27.3 Å². The molecule has 0 aliphatic heterocycles. The lowest BCUT2D eigenvalue weighted by molar-refractivity contribution is -0.384. The summed E-state index contributed by atoms with van der Waals surface area (Å²) in [6.45, 7) is 8.85. The van der Waals surface area contributed by atoms with E-state index in [1.807, 2.05) is 39.0 Å². The number of rotatable bonds is 7. The van der Waals surface area contributed by atoms with Crippen LogP contribution in [0, 0.1) is 30.9 Å². The van der Waals surface area contributed by atoms with Crippen molar-refractivity contribution in [3.63, 3.8) is 0 Å². The van der Waals surface area contributed by atoms with Gasteiger partial charge in [-0.2, -0.15) is 0 Å². The highest BCUT2D eigenvalue weighted by molar-refractivity contribution is 7.92. The van der Waals surface area contributed by atoms with Gasteiger partial charge in [-0.3, -0.25) is 19.2 Å². The molecule has 162 valence electrons. The third-order valence-electron chi connectivity index (χ3n) is 4.98. The minimum Gasteiger partial charge on any atom is -0.348 e. The maximum atomic E-state index is 12.9. The van der Waals surface area contributed by atoms with Gasteiger partial charge in [0.05, 0.1) is 22.9 Å². The zero-order valence-corrected chi connectivity index (χ0v) is 18.8. The molecule has 2 aromatic rings. The van der Waals surface area contributed by atoms with Crippen LogP contribution < -0.4 is 9.62 Å². The predicted octanol–water partition coefficient (Wildman–Crippen LogP) is 3.55. The molecule has 0 radical (unpaired) electrons. The van der Waals surface area contributed by atoms with Crippen molar-refractivity contribution in [3.8, 4) is 0 Å². The van der Waals surface area contributed by atoms with Crippen molar-refractivity contribution in [3.05, 3.63) is 68.8 Å². The van der Waals surface area contributed by atoms with Gasteiger partial charge >= 0.3 is 0 Å². The Kier molecular flexibility index (Phi) is 6.87. The predicted molar refractivity (Wildman–Crippen MR) is 117 cm³/mol. The molecule has 0 fully saturated rings. The number of sulfonamides is 1. The molecule has 2 aromatic carbocycles. The molecule has 30 heavy (non-hydrogen) atoms. The molecule has 0 aromatic heterocycles. The molecule has 0 bridgehead atoms. The maximum Gasteiger partial charge on any atom is 0.271 e. The first-order valence-electron chi connectivity index (χ1n) is 9.45. The Balaban J connectivity index is 2.38. The fraction of sp³-hybridized carbons (Fsp3) is 0.381. The quantitative estimate of drug-likeness (QED) is 0.530. The lowest BCUT2D eigenvalue weighted by atomic mass is 10.00. The summed E-state index contributed by atoms with van der Waals surface area (Å²) < 4.78 is 26.0. The second kappa shape index (κ2) is 8.83. The van der Waals surface area contributed by atoms with Gasteiger partial charge in [0.25, 0.3) is 5.69 Å². The number of nitrogens with zero attached hydrogens (tertiary/aromatic N) is 2. The Morgan fingerprint density at radius 2 is 1.70 bits per heavy atom. The zero-order chi connectivity index (χ0) is 22.8. The lowest BCUT2D eigenvalue weighted by Crippen LogP contribution is -2.48. The van der Waals surface area contributed by atoms with Crippen LogP contribution in [0.25, 0.3) is 0 Å². The molecule has 8 nitrogen and oxygen atoms in total. The summed E-state index contributed by atoms with van der Waals surface area (Å²) in [7, 11) is -3.89. The normalized spacial score (nSPS) is 13.4. The van der Waals surface area contributed by atoms with E-state index < -0.39 is 26.9 Å². The van der Waals surface area contributed by atoms with Gasteiger partial charge in [0, 0.05) is 12.1 Å². The molecule has 0 heterocycles. The summed E-state index contributed by atoms with van der Waals surface area (Å²) in [5.74, 6) is -0.501. The second-order valence-electron chi connectivity index (χ2n) is 7.55. The van der Waals surface area contributed by atoms with Crippen LogP contribution in [0.15, 0.2) is 36.4 Å². The van der Waals surface area contributed by atoms with E-state index >= 15 is 0 Å². The first-order valence-corrected chi connectivity index (χ1v) is 11.3. The summed E-state index contributed by atoms with van der Waals surface area (Å²) in [5, 5.41) is 14.0. The Hall–Kier alpha value is -2.94. The highest BCUT2D eigenvalue weighted by Gasteiger charge is 2.32. The first-order chi connectivity index (χ1) is 13.8. The minimum atomic E-state index is -3.89. The maximum absolute atomic E-state index is 12.9. The molecule has 0 saturated carbocycles. The smallest absolute Gasteiger partial charge is 0.271 e. The Bertz CT molecular complexity index is 1080. The number of carbonyl (C=O) groups excluding carboxylic acids is 1. The van der Waals surface area contributed by atoms with Gasteiger partial charge < -0.3 is 5.32 Å². The van der Waals surface area contributed by atoms with Gasteiger partial charge in [-0.25, -0.2) is 8.42 Å². The van der Waals surface area contributed by atoms with Crippen LogP contribution in [-0.2, 0) is 14.8 Å². The first kappa shape index (κ1) is 23.3. The number of nitrogens with one attached hydrogen (secondary N) is 1. The van der Waals surface area contributed by atoms with Crippen molar-refractivity contribution < 1.29 is 18.1 Å². The molecule has 2 rings (SSSR count). The van der Waals surface area contributed by atoms with E-state index in [1.165, 1.54) is 25.1 Å². The third kappa shape index (κ3) is 5.15. The molecular weight excluding hydrogens is 406 g/mol. The topological polar surface area (TPSA) is 110 Å². The van der Waals surface area contributed by atoms with Gasteiger partial charge in [0.1, 0.15) is 6.04 Å².